The van der Waals surface area contributed by atoms with Crippen molar-refractivity contribution in [2.75, 3.05) is 12.9 Å². The molecule has 0 radical (unpaired) electrons. The molecule has 0 N–H and O–H groups in total. The first-order valence-electron chi connectivity index (χ1n) is 10.4. The van der Waals surface area contributed by atoms with Gasteiger partial charge < -0.3 is 9.29 Å². The van der Waals surface area contributed by atoms with E-state index in [2.05, 4.69) is 54.8 Å². The van der Waals surface area contributed by atoms with Crippen molar-refractivity contribution in [3.63, 3.8) is 0 Å². The monoisotopic (exact) mass is 487 g/mol. The summed E-state index contributed by atoms with van der Waals surface area (Å²) in [7, 11) is -2.58. The van der Waals surface area contributed by atoms with Crippen molar-refractivity contribution in [2.24, 2.45) is 0 Å². The predicted octanol–water partition coefficient (Wildman–Crippen LogP) is 5.64. The molecule has 0 aliphatic rings. The number of ether oxygens (including phenoxy) is 1. The maximum absolute atomic E-state index is 11.2. The van der Waals surface area contributed by atoms with E-state index in [1.54, 1.807) is 29.8 Å². The molecule has 0 aliphatic heterocycles. The summed E-state index contributed by atoms with van der Waals surface area (Å²) in [5.74, 6) is 0.934. The number of rotatable bonds is 8. The van der Waals surface area contributed by atoms with E-state index in [0.717, 1.165) is 36.6 Å². The molecule has 2 aromatic carbocycles. The van der Waals surface area contributed by atoms with Gasteiger partial charge in [-0.25, -0.2) is 8.42 Å². The van der Waals surface area contributed by atoms with E-state index in [0.29, 0.717) is 12.5 Å². The van der Waals surface area contributed by atoms with Crippen LogP contribution in [-0.2, 0) is 16.7 Å². The summed E-state index contributed by atoms with van der Waals surface area (Å²) in [6.45, 7) is 4.80. The predicted molar refractivity (Wildman–Crippen MR) is 133 cm³/mol. The van der Waals surface area contributed by atoms with Crippen LogP contribution in [0.1, 0.15) is 42.3 Å². The van der Waals surface area contributed by atoms with Gasteiger partial charge >= 0.3 is 0 Å². The zero-order valence-electron chi connectivity index (χ0n) is 18.2. The van der Waals surface area contributed by atoms with Gasteiger partial charge in [-0.15, -0.1) is 11.3 Å². The van der Waals surface area contributed by atoms with E-state index in [1.807, 2.05) is 17.5 Å². The van der Waals surface area contributed by atoms with Crippen LogP contribution < -0.4 is 9.30 Å². The van der Waals surface area contributed by atoms with Crippen molar-refractivity contribution in [3.05, 3.63) is 57.9 Å². The average molecular weight is 488 g/mol. The molecule has 2 heterocycles. The Bertz CT molecular complexity index is 1380. The largest absolute Gasteiger partial charge is 0.748 e. The number of hydrogen-bond donors (Lipinski definition) is 0. The van der Waals surface area contributed by atoms with Crippen LogP contribution in [0.25, 0.3) is 32.5 Å². The topological polar surface area (TPSA) is 70.3 Å². The Morgan fingerprint density at radius 2 is 1.91 bits per heavy atom. The number of thiazole rings is 1. The molecule has 0 amide bonds. The highest BCUT2D eigenvalue weighted by Crippen LogP contribution is 2.38. The number of thiophene rings is 1. The van der Waals surface area contributed by atoms with Gasteiger partial charge in [-0.1, -0.05) is 49.4 Å². The zero-order valence-corrected chi connectivity index (χ0v) is 20.6. The SMILES string of the molecule is COc1cc2sc(/C=C/c3ccc(C(C)C)cc3)[n+](CCCS(=O)(=O)[O-])c2c2sccc12. The molecule has 0 saturated heterocycles. The Balaban J connectivity index is 1.78. The molecular weight excluding hydrogens is 462 g/mol. The van der Waals surface area contributed by atoms with Crippen LogP contribution in [0.5, 0.6) is 5.75 Å². The fraction of sp³-hybridized carbons (Fsp3) is 0.292. The number of fused-ring (bicyclic) bond motifs is 3. The molecule has 0 aliphatic carbocycles. The van der Waals surface area contributed by atoms with Gasteiger partial charge in [0.15, 0.2) is 6.54 Å². The maximum atomic E-state index is 11.2. The van der Waals surface area contributed by atoms with Crippen molar-refractivity contribution in [2.45, 2.75) is 32.7 Å². The summed E-state index contributed by atoms with van der Waals surface area (Å²) in [5.41, 5.74) is 3.45. The van der Waals surface area contributed by atoms with Gasteiger partial charge in [0.25, 0.3) is 5.01 Å². The van der Waals surface area contributed by atoms with Crippen LogP contribution in [0.15, 0.2) is 41.8 Å². The van der Waals surface area contributed by atoms with Crippen LogP contribution in [0.3, 0.4) is 0 Å². The molecule has 4 rings (SSSR count). The second-order valence-electron chi connectivity index (χ2n) is 7.95. The Labute approximate surface area is 196 Å². The van der Waals surface area contributed by atoms with E-state index < -0.39 is 10.1 Å². The molecule has 8 heteroatoms. The van der Waals surface area contributed by atoms with Gasteiger partial charge in [-0.3, -0.25) is 0 Å². The van der Waals surface area contributed by atoms with Crippen LogP contribution in [0, 0.1) is 0 Å². The second-order valence-corrected chi connectivity index (χ2v) is 11.5. The van der Waals surface area contributed by atoms with Crippen LogP contribution >= 0.6 is 22.7 Å². The third-order valence-corrected chi connectivity index (χ3v) is 8.22. The van der Waals surface area contributed by atoms with E-state index in [-0.39, 0.29) is 12.2 Å². The lowest BCUT2D eigenvalue weighted by molar-refractivity contribution is -0.667. The first-order chi connectivity index (χ1) is 15.3. The molecule has 0 unspecified atom stereocenters. The van der Waals surface area contributed by atoms with Crippen LogP contribution in [-0.4, -0.2) is 25.8 Å². The van der Waals surface area contributed by atoms with E-state index >= 15 is 0 Å². The molecule has 0 spiro atoms. The quantitative estimate of drug-likeness (QED) is 0.238. The van der Waals surface area contributed by atoms with Gasteiger partial charge in [0.1, 0.15) is 15.1 Å². The minimum atomic E-state index is -4.25. The lowest BCUT2D eigenvalue weighted by Crippen LogP contribution is -2.36. The average Bonchev–Trinajstić information content (AvgIpc) is 3.35. The summed E-state index contributed by atoms with van der Waals surface area (Å²) in [6, 6.07) is 12.6. The number of methoxy groups -OCH3 is 1. The van der Waals surface area contributed by atoms with Crippen LogP contribution in [0.4, 0.5) is 0 Å². The van der Waals surface area contributed by atoms with Gasteiger partial charge in [0.05, 0.1) is 17.2 Å². The molecule has 0 atom stereocenters. The van der Waals surface area contributed by atoms with E-state index in [9.17, 15) is 13.0 Å². The third kappa shape index (κ3) is 4.88. The summed E-state index contributed by atoms with van der Waals surface area (Å²) < 4.78 is 43.4. The molecule has 0 saturated carbocycles. The molecule has 32 heavy (non-hydrogen) atoms. The van der Waals surface area contributed by atoms with Gasteiger partial charge in [-0.05, 0) is 34.6 Å². The Morgan fingerprint density at radius 3 is 2.56 bits per heavy atom. The summed E-state index contributed by atoms with van der Waals surface area (Å²) in [5, 5.41) is 4.06. The van der Waals surface area contributed by atoms with Crippen molar-refractivity contribution in [1.29, 1.82) is 0 Å². The highest BCUT2D eigenvalue weighted by Gasteiger charge is 2.24. The fourth-order valence-electron chi connectivity index (χ4n) is 3.75. The maximum Gasteiger partial charge on any atom is 0.262 e. The molecule has 0 fully saturated rings. The lowest BCUT2D eigenvalue weighted by Gasteiger charge is -2.05. The molecular formula is C24H25NO4S3. The molecule has 0 bridgehead atoms. The third-order valence-electron chi connectivity index (χ3n) is 5.41. The van der Waals surface area contributed by atoms with Crippen molar-refractivity contribution in [1.82, 2.24) is 0 Å². The zero-order chi connectivity index (χ0) is 22.9. The molecule has 5 nitrogen and oxygen atoms in total. The van der Waals surface area contributed by atoms with Crippen molar-refractivity contribution >= 4 is 65.2 Å². The Hall–Kier alpha value is -2.26. The van der Waals surface area contributed by atoms with E-state index in [1.165, 1.54) is 5.56 Å². The van der Waals surface area contributed by atoms with Crippen molar-refractivity contribution in [3.8, 4) is 5.75 Å². The Kier molecular flexibility index (Phi) is 6.67. The highest BCUT2D eigenvalue weighted by molar-refractivity contribution is 7.85. The summed E-state index contributed by atoms with van der Waals surface area (Å²) >= 11 is 3.27. The van der Waals surface area contributed by atoms with Gasteiger partial charge in [0.2, 0.25) is 5.52 Å². The van der Waals surface area contributed by atoms with E-state index in [4.69, 9.17) is 4.74 Å². The number of aryl methyl sites for hydroxylation is 1. The summed E-state index contributed by atoms with van der Waals surface area (Å²) in [6.07, 6.45) is 4.40. The number of aromatic nitrogens is 1. The number of hydrogen-bond acceptors (Lipinski definition) is 6. The molecule has 2 aromatic heterocycles. The molecule has 4 aromatic rings. The number of benzene rings is 2. The summed E-state index contributed by atoms with van der Waals surface area (Å²) in [4.78, 5) is 0. The second kappa shape index (κ2) is 9.31. The first-order valence-corrected chi connectivity index (χ1v) is 13.7. The normalized spacial score (nSPS) is 12.5. The fourth-order valence-corrected chi connectivity index (χ4v) is 6.39. The smallest absolute Gasteiger partial charge is 0.262 e. The van der Waals surface area contributed by atoms with Gasteiger partial charge in [0, 0.05) is 29.7 Å². The minimum absolute atomic E-state index is 0.269. The van der Waals surface area contributed by atoms with Gasteiger partial charge in [-0.2, -0.15) is 4.57 Å². The first kappa shape index (κ1) is 22.9. The lowest BCUT2D eigenvalue weighted by atomic mass is 10.0. The molecule has 168 valence electrons. The number of nitrogens with zero attached hydrogens (tertiary/aromatic N) is 1. The standard InChI is InChI=1S/C24H25NO4S3/c1-16(2)18-8-5-17(6-9-18)7-10-22-25(12-4-14-32(26,27)28)23-21(31-22)15-20(29-3)19-11-13-30-24(19)23/h5-11,13,15-16H,4,12,14H2,1-3H3/b10-7+. The van der Waals surface area contributed by atoms with Crippen molar-refractivity contribution < 1.29 is 22.3 Å². The van der Waals surface area contributed by atoms with Crippen LogP contribution in [0.2, 0.25) is 0 Å². The minimum Gasteiger partial charge on any atom is -0.748 e. The highest BCUT2D eigenvalue weighted by atomic mass is 32.2. The Morgan fingerprint density at radius 1 is 1.16 bits per heavy atom.